The van der Waals surface area contributed by atoms with Crippen LogP contribution in [0.5, 0.6) is 0 Å². The molecule has 1 rings (SSSR count). The number of hydrogen-bond donors (Lipinski definition) is 2. The average Bonchev–Trinajstić information content (AvgIpc) is 2.14. The molecule has 0 heterocycles. The van der Waals surface area contributed by atoms with Crippen molar-refractivity contribution in [1.82, 2.24) is 0 Å². The van der Waals surface area contributed by atoms with Crippen LogP contribution in [0.1, 0.15) is 30.6 Å². The number of rotatable bonds is 4. The van der Waals surface area contributed by atoms with Gasteiger partial charge in [0.25, 0.3) is 0 Å². The van der Waals surface area contributed by atoms with Crippen LogP contribution in [-0.2, 0) is 4.79 Å². The van der Waals surface area contributed by atoms with Gasteiger partial charge in [-0.3, -0.25) is 4.79 Å². The third kappa shape index (κ3) is 4.56. The average molecular weight is 300 g/mol. The van der Waals surface area contributed by atoms with Gasteiger partial charge in [0.1, 0.15) is 0 Å². The van der Waals surface area contributed by atoms with Crippen LogP contribution in [0, 0.1) is 5.92 Å². The Morgan fingerprint density at radius 1 is 1.35 bits per heavy atom. The number of nitrogens with one attached hydrogen (secondary N) is 1. The lowest BCUT2D eigenvalue weighted by atomic mass is 10.1. The summed E-state index contributed by atoms with van der Waals surface area (Å²) in [6.45, 7) is 3.90. The zero-order chi connectivity index (χ0) is 13.0. The Labute approximate surface area is 108 Å². The Morgan fingerprint density at radius 2 is 2.00 bits per heavy atom. The number of hydrogen-bond acceptors (Lipinski definition) is 2. The number of amides is 1. The van der Waals surface area contributed by atoms with Gasteiger partial charge in [0, 0.05) is 16.6 Å². The second kappa shape index (κ2) is 5.82. The third-order valence-electron chi connectivity index (χ3n) is 2.02. The van der Waals surface area contributed by atoms with Gasteiger partial charge in [-0.15, -0.1) is 0 Å². The van der Waals surface area contributed by atoms with Crippen molar-refractivity contribution in [2.45, 2.75) is 20.3 Å². The van der Waals surface area contributed by atoms with Crippen LogP contribution < -0.4 is 5.32 Å². The number of carboxylic acid groups (broad SMARTS) is 1. The number of aromatic carboxylic acids is 1. The van der Waals surface area contributed by atoms with E-state index in [9.17, 15) is 9.59 Å². The van der Waals surface area contributed by atoms with E-state index in [0.29, 0.717) is 16.6 Å². The zero-order valence-electron chi connectivity index (χ0n) is 9.66. The molecule has 0 aliphatic rings. The molecular formula is C12H14BrNO3. The molecular weight excluding hydrogens is 286 g/mol. The molecule has 0 saturated carbocycles. The first-order chi connectivity index (χ1) is 7.88. The minimum Gasteiger partial charge on any atom is -0.478 e. The molecule has 0 aliphatic carbocycles. The summed E-state index contributed by atoms with van der Waals surface area (Å²) in [6.07, 6.45) is 0.412. The lowest BCUT2D eigenvalue weighted by Crippen LogP contribution is -2.14. The number of benzene rings is 1. The smallest absolute Gasteiger partial charge is 0.335 e. The number of carbonyl (C=O) groups is 2. The molecule has 92 valence electrons. The summed E-state index contributed by atoms with van der Waals surface area (Å²) in [6, 6.07) is 4.59. The molecule has 17 heavy (non-hydrogen) atoms. The molecule has 0 aliphatic heterocycles. The van der Waals surface area contributed by atoms with Crippen molar-refractivity contribution in [2.75, 3.05) is 5.32 Å². The molecule has 1 aromatic rings. The third-order valence-corrected chi connectivity index (χ3v) is 2.48. The monoisotopic (exact) mass is 299 g/mol. The quantitative estimate of drug-likeness (QED) is 0.897. The van der Waals surface area contributed by atoms with Crippen molar-refractivity contribution in [1.29, 1.82) is 0 Å². The van der Waals surface area contributed by atoms with Crippen molar-refractivity contribution in [2.24, 2.45) is 5.92 Å². The number of halogens is 1. The van der Waals surface area contributed by atoms with Gasteiger partial charge in [0.15, 0.2) is 0 Å². The molecule has 5 heteroatoms. The van der Waals surface area contributed by atoms with E-state index in [4.69, 9.17) is 5.11 Å². The first kappa shape index (κ1) is 13.7. The number of anilines is 1. The Hall–Kier alpha value is -1.36. The van der Waals surface area contributed by atoms with Gasteiger partial charge >= 0.3 is 5.97 Å². The Kier molecular flexibility index (Phi) is 4.69. The lowest BCUT2D eigenvalue weighted by molar-refractivity contribution is -0.116. The van der Waals surface area contributed by atoms with E-state index >= 15 is 0 Å². The molecule has 0 bridgehead atoms. The van der Waals surface area contributed by atoms with Crippen LogP contribution in [0.3, 0.4) is 0 Å². The summed E-state index contributed by atoms with van der Waals surface area (Å²) in [7, 11) is 0. The standard InChI is InChI=1S/C12H14BrNO3/c1-7(2)3-11(15)14-10-5-8(12(16)17)4-9(13)6-10/h4-7H,3H2,1-2H3,(H,14,15)(H,16,17). The maximum Gasteiger partial charge on any atom is 0.335 e. The van der Waals surface area contributed by atoms with E-state index < -0.39 is 5.97 Å². The largest absolute Gasteiger partial charge is 0.478 e. The Morgan fingerprint density at radius 3 is 2.53 bits per heavy atom. The van der Waals surface area contributed by atoms with Crippen molar-refractivity contribution in [3.63, 3.8) is 0 Å². The predicted octanol–water partition coefficient (Wildman–Crippen LogP) is 3.13. The summed E-state index contributed by atoms with van der Waals surface area (Å²) in [5.74, 6) is -0.874. The van der Waals surface area contributed by atoms with Crippen molar-refractivity contribution >= 4 is 33.5 Å². The highest BCUT2D eigenvalue weighted by Crippen LogP contribution is 2.20. The molecule has 4 nitrogen and oxygen atoms in total. The molecule has 0 fully saturated rings. The van der Waals surface area contributed by atoms with E-state index in [0.717, 1.165) is 0 Å². The van der Waals surface area contributed by atoms with Crippen LogP contribution in [0.4, 0.5) is 5.69 Å². The van der Waals surface area contributed by atoms with Crippen LogP contribution in [0.15, 0.2) is 22.7 Å². The maximum atomic E-state index is 11.5. The lowest BCUT2D eigenvalue weighted by Gasteiger charge is -2.08. The first-order valence-electron chi connectivity index (χ1n) is 5.22. The number of carboxylic acids is 1. The molecule has 0 saturated heterocycles. The second-order valence-electron chi connectivity index (χ2n) is 4.18. The van der Waals surface area contributed by atoms with Crippen molar-refractivity contribution in [3.8, 4) is 0 Å². The van der Waals surface area contributed by atoms with E-state index in [1.54, 1.807) is 6.07 Å². The van der Waals surface area contributed by atoms with Crippen molar-refractivity contribution in [3.05, 3.63) is 28.2 Å². The second-order valence-corrected chi connectivity index (χ2v) is 5.10. The SMILES string of the molecule is CC(C)CC(=O)Nc1cc(Br)cc(C(=O)O)c1. The highest BCUT2D eigenvalue weighted by atomic mass is 79.9. The molecule has 0 unspecified atom stereocenters. The summed E-state index contributed by atoms with van der Waals surface area (Å²) >= 11 is 3.21. The van der Waals surface area contributed by atoms with Gasteiger partial charge in [-0.25, -0.2) is 4.79 Å². The summed E-state index contributed by atoms with van der Waals surface area (Å²) in [5, 5.41) is 11.6. The minimum absolute atomic E-state index is 0.116. The molecule has 0 atom stereocenters. The van der Waals surface area contributed by atoms with Crippen LogP contribution in [0.25, 0.3) is 0 Å². The minimum atomic E-state index is -1.02. The van der Waals surface area contributed by atoms with Gasteiger partial charge in [-0.1, -0.05) is 29.8 Å². The molecule has 0 spiro atoms. The predicted molar refractivity (Wildman–Crippen MR) is 69.2 cm³/mol. The van der Waals surface area contributed by atoms with Gasteiger partial charge in [-0.2, -0.15) is 0 Å². The van der Waals surface area contributed by atoms with E-state index in [1.165, 1.54) is 12.1 Å². The van der Waals surface area contributed by atoms with Crippen LogP contribution in [0.2, 0.25) is 0 Å². The Bertz CT molecular complexity index is 443. The zero-order valence-corrected chi connectivity index (χ0v) is 11.2. The molecule has 0 radical (unpaired) electrons. The summed E-state index contributed by atoms with van der Waals surface area (Å²) in [4.78, 5) is 22.4. The molecule has 1 aromatic carbocycles. The molecule has 1 amide bonds. The number of carbonyl (C=O) groups excluding carboxylic acids is 1. The van der Waals surface area contributed by atoms with E-state index in [-0.39, 0.29) is 17.4 Å². The van der Waals surface area contributed by atoms with Gasteiger partial charge in [0.05, 0.1) is 5.56 Å². The van der Waals surface area contributed by atoms with Gasteiger partial charge in [-0.05, 0) is 24.1 Å². The van der Waals surface area contributed by atoms with Crippen molar-refractivity contribution < 1.29 is 14.7 Å². The Balaban J connectivity index is 2.84. The topological polar surface area (TPSA) is 66.4 Å². The fourth-order valence-electron chi connectivity index (χ4n) is 1.37. The van der Waals surface area contributed by atoms with Gasteiger partial charge < -0.3 is 10.4 Å². The normalized spacial score (nSPS) is 10.4. The van der Waals surface area contributed by atoms with Gasteiger partial charge in [0.2, 0.25) is 5.91 Å². The molecule has 2 N–H and O–H groups in total. The first-order valence-corrected chi connectivity index (χ1v) is 6.01. The highest BCUT2D eigenvalue weighted by Gasteiger charge is 2.09. The summed E-state index contributed by atoms with van der Waals surface area (Å²) < 4.78 is 0.622. The highest BCUT2D eigenvalue weighted by molar-refractivity contribution is 9.10. The van der Waals surface area contributed by atoms with Crippen LogP contribution >= 0.6 is 15.9 Å². The maximum absolute atomic E-state index is 11.5. The molecule has 0 aromatic heterocycles. The van der Waals surface area contributed by atoms with Crippen LogP contribution in [-0.4, -0.2) is 17.0 Å². The van der Waals surface area contributed by atoms with E-state index in [1.807, 2.05) is 13.8 Å². The van der Waals surface area contributed by atoms with E-state index in [2.05, 4.69) is 21.2 Å². The summed E-state index contributed by atoms with van der Waals surface area (Å²) in [5.41, 5.74) is 0.627. The fourth-order valence-corrected chi connectivity index (χ4v) is 1.86. The fraction of sp³-hybridized carbons (Fsp3) is 0.333.